The minimum Gasteiger partial charge on any atom is -0.480 e. The van der Waals surface area contributed by atoms with Crippen LogP contribution in [-0.4, -0.2) is 28.6 Å². The number of aryl methyl sites for hydroxylation is 1. The van der Waals surface area contributed by atoms with Gasteiger partial charge in [-0.15, -0.1) is 0 Å². The zero-order valence-corrected chi connectivity index (χ0v) is 10.3. The molecular formula is C12H19NO3. The standard InChI is InChI=1S/C12H19NO3/c1-5-12(3,11(14)15)13(4)8-10-7-6-9(2)16-10/h6-7H,5,8H2,1-4H3,(H,14,15). The van der Waals surface area contributed by atoms with E-state index in [1.165, 1.54) is 0 Å². The molecule has 0 aliphatic rings. The number of nitrogens with zero attached hydrogens (tertiary/aromatic N) is 1. The van der Waals surface area contributed by atoms with Gasteiger partial charge in [0.15, 0.2) is 0 Å². The molecule has 0 aliphatic heterocycles. The molecule has 90 valence electrons. The Morgan fingerprint density at radius 1 is 1.56 bits per heavy atom. The van der Waals surface area contributed by atoms with Crippen LogP contribution in [-0.2, 0) is 11.3 Å². The van der Waals surface area contributed by atoms with Gasteiger partial charge in [-0.25, -0.2) is 0 Å². The van der Waals surface area contributed by atoms with Crippen LogP contribution in [0.15, 0.2) is 16.5 Å². The summed E-state index contributed by atoms with van der Waals surface area (Å²) in [4.78, 5) is 13.0. The quantitative estimate of drug-likeness (QED) is 0.835. The molecule has 1 aromatic rings. The molecule has 0 aromatic carbocycles. The lowest BCUT2D eigenvalue weighted by Gasteiger charge is -2.33. The highest BCUT2D eigenvalue weighted by Gasteiger charge is 2.35. The third-order valence-electron chi connectivity index (χ3n) is 3.18. The Kier molecular flexibility index (Phi) is 3.75. The van der Waals surface area contributed by atoms with E-state index in [1.807, 2.05) is 26.0 Å². The van der Waals surface area contributed by atoms with Crippen LogP contribution in [0.25, 0.3) is 0 Å². The molecule has 1 heterocycles. The maximum Gasteiger partial charge on any atom is 0.323 e. The number of hydrogen-bond donors (Lipinski definition) is 1. The van der Waals surface area contributed by atoms with Crippen molar-refractivity contribution in [3.8, 4) is 0 Å². The Labute approximate surface area is 95.9 Å². The van der Waals surface area contributed by atoms with Gasteiger partial charge in [0.1, 0.15) is 17.1 Å². The maximum absolute atomic E-state index is 11.2. The highest BCUT2D eigenvalue weighted by molar-refractivity contribution is 5.78. The molecule has 0 fully saturated rings. The van der Waals surface area contributed by atoms with Crippen LogP contribution in [0, 0.1) is 6.92 Å². The van der Waals surface area contributed by atoms with Gasteiger partial charge in [-0.3, -0.25) is 9.69 Å². The second-order valence-corrected chi connectivity index (χ2v) is 4.30. The third-order valence-corrected chi connectivity index (χ3v) is 3.18. The molecule has 1 N–H and O–H groups in total. The SMILES string of the molecule is CCC(C)(C(=O)O)N(C)Cc1ccc(C)o1. The van der Waals surface area contributed by atoms with Crippen LogP contribution < -0.4 is 0 Å². The Bertz CT molecular complexity index is 372. The van der Waals surface area contributed by atoms with E-state index in [4.69, 9.17) is 4.42 Å². The summed E-state index contributed by atoms with van der Waals surface area (Å²) in [5.74, 6) is 0.832. The fourth-order valence-corrected chi connectivity index (χ4v) is 1.56. The third kappa shape index (κ3) is 2.44. The summed E-state index contributed by atoms with van der Waals surface area (Å²) in [6.07, 6.45) is 0.554. The van der Waals surface area contributed by atoms with Crippen molar-refractivity contribution in [1.29, 1.82) is 0 Å². The summed E-state index contributed by atoms with van der Waals surface area (Å²) >= 11 is 0. The van der Waals surface area contributed by atoms with E-state index < -0.39 is 11.5 Å². The van der Waals surface area contributed by atoms with Gasteiger partial charge >= 0.3 is 5.97 Å². The largest absolute Gasteiger partial charge is 0.480 e. The van der Waals surface area contributed by atoms with Crippen LogP contribution in [0.3, 0.4) is 0 Å². The van der Waals surface area contributed by atoms with Gasteiger partial charge in [-0.1, -0.05) is 6.92 Å². The predicted molar refractivity (Wildman–Crippen MR) is 61.2 cm³/mol. The molecule has 1 rings (SSSR count). The Balaban J connectivity index is 2.77. The highest BCUT2D eigenvalue weighted by atomic mass is 16.4. The van der Waals surface area contributed by atoms with E-state index >= 15 is 0 Å². The van der Waals surface area contributed by atoms with Crippen LogP contribution in [0.1, 0.15) is 31.8 Å². The minimum absolute atomic E-state index is 0.504. The molecule has 1 aromatic heterocycles. The second kappa shape index (κ2) is 4.70. The summed E-state index contributed by atoms with van der Waals surface area (Å²) in [5.41, 5.74) is -0.847. The fraction of sp³-hybridized carbons (Fsp3) is 0.583. The molecule has 4 heteroatoms. The fourth-order valence-electron chi connectivity index (χ4n) is 1.56. The first kappa shape index (κ1) is 12.8. The van der Waals surface area contributed by atoms with Crippen molar-refractivity contribution in [2.24, 2.45) is 0 Å². The number of carboxylic acids is 1. The first-order valence-electron chi connectivity index (χ1n) is 5.40. The van der Waals surface area contributed by atoms with E-state index in [1.54, 1.807) is 18.9 Å². The molecule has 4 nitrogen and oxygen atoms in total. The summed E-state index contributed by atoms with van der Waals surface area (Å²) in [6.45, 7) is 5.98. The van der Waals surface area contributed by atoms with Crippen molar-refractivity contribution < 1.29 is 14.3 Å². The molecular weight excluding hydrogens is 206 g/mol. The topological polar surface area (TPSA) is 53.7 Å². The van der Waals surface area contributed by atoms with Crippen LogP contribution >= 0.6 is 0 Å². The smallest absolute Gasteiger partial charge is 0.323 e. The zero-order chi connectivity index (χ0) is 12.3. The first-order valence-corrected chi connectivity index (χ1v) is 5.40. The average Bonchev–Trinajstić information content (AvgIpc) is 2.62. The number of likely N-dealkylation sites (N-methyl/N-ethyl adjacent to an activating group) is 1. The van der Waals surface area contributed by atoms with Crippen molar-refractivity contribution in [3.05, 3.63) is 23.7 Å². The average molecular weight is 225 g/mol. The van der Waals surface area contributed by atoms with Gasteiger partial charge in [0.05, 0.1) is 6.54 Å². The highest BCUT2D eigenvalue weighted by Crippen LogP contribution is 2.21. The van der Waals surface area contributed by atoms with Crippen LogP contribution in [0.4, 0.5) is 0 Å². The predicted octanol–water partition coefficient (Wildman–Crippen LogP) is 2.27. The maximum atomic E-state index is 11.2. The Morgan fingerprint density at radius 2 is 2.19 bits per heavy atom. The minimum atomic E-state index is -0.847. The van der Waals surface area contributed by atoms with Crippen LogP contribution in [0.5, 0.6) is 0 Å². The summed E-state index contributed by atoms with van der Waals surface area (Å²) in [7, 11) is 1.80. The molecule has 1 atom stereocenters. The van der Waals surface area contributed by atoms with Gasteiger partial charge < -0.3 is 9.52 Å². The number of rotatable bonds is 5. The molecule has 0 saturated heterocycles. The molecule has 0 amide bonds. The van der Waals surface area contributed by atoms with E-state index in [0.717, 1.165) is 11.5 Å². The van der Waals surface area contributed by atoms with Gasteiger partial charge in [0.25, 0.3) is 0 Å². The normalized spacial score (nSPS) is 15.1. The first-order chi connectivity index (χ1) is 7.40. The molecule has 0 radical (unpaired) electrons. The monoisotopic (exact) mass is 225 g/mol. The molecule has 0 aliphatic carbocycles. The molecule has 0 saturated carbocycles. The zero-order valence-electron chi connectivity index (χ0n) is 10.3. The van der Waals surface area contributed by atoms with Gasteiger partial charge in [0.2, 0.25) is 0 Å². The number of hydrogen-bond acceptors (Lipinski definition) is 3. The van der Waals surface area contributed by atoms with E-state index in [2.05, 4.69) is 0 Å². The van der Waals surface area contributed by atoms with Crippen molar-refractivity contribution in [2.75, 3.05) is 7.05 Å². The van der Waals surface area contributed by atoms with Crippen LogP contribution in [0.2, 0.25) is 0 Å². The van der Waals surface area contributed by atoms with E-state index in [0.29, 0.717) is 13.0 Å². The number of carboxylic acid groups (broad SMARTS) is 1. The van der Waals surface area contributed by atoms with Gasteiger partial charge in [-0.2, -0.15) is 0 Å². The summed E-state index contributed by atoms with van der Waals surface area (Å²) in [5, 5.41) is 9.21. The van der Waals surface area contributed by atoms with Crippen molar-refractivity contribution in [2.45, 2.75) is 39.3 Å². The number of furan rings is 1. The van der Waals surface area contributed by atoms with E-state index in [9.17, 15) is 9.90 Å². The molecule has 16 heavy (non-hydrogen) atoms. The second-order valence-electron chi connectivity index (χ2n) is 4.30. The van der Waals surface area contributed by atoms with Crippen molar-refractivity contribution >= 4 is 5.97 Å². The van der Waals surface area contributed by atoms with Gasteiger partial charge in [-0.05, 0) is 39.4 Å². The summed E-state index contributed by atoms with van der Waals surface area (Å²) < 4.78 is 5.44. The van der Waals surface area contributed by atoms with Gasteiger partial charge in [0, 0.05) is 0 Å². The lowest BCUT2D eigenvalue weighted by atomic mass is 9.97. The van der Waals surface area contributed by atoms with E-state index in [-0.39, 0.29) is 0 Å². The number of carbonyl (C=O) groups is 1. The Morgan fingerprint density at radius 3 is 2.56 bits per heavy atom. The lowest BCUT2D eigenvalue weighted by Crippen LogP contribution is -2.49. The lowest BCUT2D eigenvalue weighted by molar-refractivity contribution is -0.150. The molecule has 0 spiro atoms. The number of aliphatic carboxylic acids is 1. The van der Waals surface area contributed by atoms with Crippen molar-refractivity contribution in [3.63, 3.8) is 0 Å². The summed E-state index contributed by atoms with van der Waals surface area (Å²) in [6, 6.07) is 3.76. The molecule has 1 unspecified atom stereocenters. The van der Waals surface area contributed by atoms with Crippen molar-refractivity contribution in [1.82, 2.24) is 4.90 Å². The molecule has 0 bridgehead atoms. The Hall–Kier alpha value is -1.29.